The van der Waals surface area contributed by atoms with Gasteiger partial charge in [0, 0.05) is 11.5 Å². The fraction of sp³-hybridized carbons (Fsp3) is 0.200. The van der Waals surface area contributed by atoms with Gasteiger partial charge in [0.2, 0.25) is 0 Å². The number of hydrogen-bond donors (Lipinski definition) is 0. The normalized spacial score (nSPS) is 19.9. The zero-order chi connectivity index (χ0) is 20.0. The summed E-state index contributed by atoms with van der Waals surface area (Å²) in [5, 5.41) is 16.4. The Morgan fingerprint density at radius 3 is 2.62 bits per heavy atom. The number of halogens is 1. The van der Waals surface area contributed by atoms with Crippen LogP contribution < -0.4 is 5.01 Å². The second kappa shape index (κ2) is 6.86. The van der Waals surface area contributed by atoms with Gasteiger partial charge in [-0.05, 0) is 66.8 Å². The highest BCUT2D eigenvalue weighted by molar-refractivity contribution is 6.07. The molecule has 2 aliphatic rings. The van der Waals surface area contributed by atoms with Gasteiger partial charge in [0.05, 0.1) is 29.1 Å². The topological polar surface area (TPSA) is 39.4 Å². The Balaban J connectivity index is 1.65. The van der Waals surface area contributed by atoms with Crippen molar-refractivity contribution in [2.24, 2.45) is 11.0 Å². The SMILES string of the molecule is Cc1cc(N2N=C3c4ccccc4CCC3C2c2ccc(F)cc2)ccc1C#N. The molecule has 0 bridgehead atoms. The molecule has 2 atom stereocenters. The molecule has 0 radical (unpaired) electrons. The standard InChI is InChI=1S/C25H20FN3/c1-16-14-21(12-8-19(16)15-27)29-25(18-6-10-20(26)11-7-18)23-13-9-17-4-2-3-5-22(17)24(23)28-29/h2-8,10-12,14,23,25H,9,13H2,1H3. The van der Waals surface area contributed by atoms with Gasteiger partial charge >= 0.3 is 0 Å². The molecule has 29 heavy (non-hydrogen) atoms. The molecule has 0 saturated heterocycles. The van der Waals surface area contributed by atoms with Crippen molar-refractivity contribution < 1.29 is 4.39 Å². The first-order chi connectivity index (χ1) is 14.2. The van der Waals surface area contributed by atoms with E-state index in [-0.39, 0.29) is 17.8 Å². The molecule has 0 N–H and O–H groups in total. The van der Waals surface area contributed by atoms with E-state index in [2.05, 4.69) is 35.3 Å². The summed E-state index contributed by atoms with van der Waals surface area (Å²) in [4.78, 5) is 0. The highest BCUT2D eigenvalue weighted by Gasteiger charge is 2.42. The first-order valence-corrected chi connectivity index (χ1v) is 9.88. The minimum atomic E-state index is -0.234. The van der Waals surface area contributed by atoms with Crippen molar-refractivity contribution in [3.63, 3.8) is 0 Å². The average molecular weight is 381 g/mol. The van der Waals surface area contributed by atoms with E-state index in [1.165, 1.54) is 23.3 Å². The summed E-state index contributed by atoms with van der Waals surface area (Å²) in [7, 11) is 0. The summed E-state index contributed by atoms with van der Waals surface area (Å²) < 4.78 is 13.6. The number of fused-ring (bicyclic) bond motifs is 3. The van der Waals surface area contributed by atoms with Gasteiger partial charge in [-0.2, -0.15) is 10.4 Å². The minimum Gasteiger partial charge on any atom is -0.257 e. The maximum atomic E-state index is 13.6. The van der Waals surface area contributed by atoms with Crippen molar-refractivity contribution >= 4 is 11.4 Å². The van der Waals surface area contributed by atoms with E-state index in [0.717, 1.165) is 35.4 Å². The summed E-state index contributed by atoms with van der Waals surface area (Å²) >= 11 is 0. The van der Waals surface area contributed by atoms with Crippen LogP contribution in [-0.4, -0.2) is 5.71 Å². The molecular weight excluding hydrogens is 361 g/mol. The van der Waals surface area contributed by atoms with E-state index >= 15 is 0 Å². The summed E-state index contributed by atoms with van der Waals surface area (Å²) in [5.74, 6) is 0.00829. The molecule has 0 spiro atoms. The predicted octanol–water partition coefficient (Wildman–Crippen LogP) is 5.53. The van der Waals surface area contributed by atoms with Crippen molar-refractivity contribution in [2.45, 2.75) is 25.8 Å². The van der Waals surface area contributed by atoms with E-state index in [1.54, 1.807) is 0 Å². The van der Waals surface area contributed by atoms with Gasteiger partial charge in [0.15, 0.2) is 0 Å². The van der Waals surface area contributed by atoms with Crippen LogP contribution in [0.4, 0.5) is 10.1 Å². The van der Waals surface area contributed by atoms with Crippen molar-refractivity contribution in [3.05, 3.63) is 100 Å². The largest absolute Gasteiger partial charge is 0.257 e. The Labute approximate surface area is 169 Å². The van der Waals surface area contributed by atoms with Gasteiger partial charge in [-0.1, -0.05) is 36.4 Å². The van der Waals surface area contributed by atoms with Crippen molar-refractivity contribution in [1.82, 2.24) is 0 Å². The number of rotatable bonds is 2. The first-order valence-electron chi connectivity index (χ1n) is 9.88. The number of aryl methyl sites for hydroxylation is 2. The molecule has 1 heterocycles. The molecule has 142 valence electrons. The molecular formula is C25H20FN3. The summed E-state index contributed by atoms with van der Waals surface area (Å²) in [5.41, 5.74) is 7.25. The zero-order valence-corrected chi connectivity index (χ0v) is 16.1. The van der Waals surface area contributed by atoms with Crippen LogP contribution in [0.3, 0.4) is 0 Å². The van der Waals surface area contributed by atoms with Crippen LogP contribution in [0.5, 0.6) is 0 Å². The van der Waals surface area contributed by atoms with Crippen LogP contribution in [0, 0.1) is 30.0 Å². The second-order valence-electron chi connectivity index (χ2n) is 7.74. The molecule has 0 aromatic heterocycles. The van der Waals surface area contributed by atoms with Crippen molar-refractivity contribution in [3.8, 4) is 6.07 Å². The molecule has 0 fully saturated rings. The lowest BCUT2D eigenvalue weighted by molar-refractivity contribution is 0.508. The number of benzene rings is 3. The second-order valence-corrected chi connectivity index (χ2v) is 7.74. The molecule has 5 rings (SSSR count). The minimum absolute atomic E-state index is 0.00583. The third-order valence-corrected chi connectivity index (χ3v) is 6.04. The van der Waals surface area contributed by atoms with Gasteiger partial charge in [-0.25, -0.2) is 4.39 Å². The van der Waals surface area contributed by atoms with Gasteiger partial charge in [-0.15, -0.1) is 0 Å². The number of nitrogens with zero attached hydrogens (tertiary/aromatic N) is 3. The highest BCUT2D eigenvalue weighted by atomic mass is 19.1. The monoisotopic (exact) mass is 381 g/mol. The molecule has 0 amide bonds. The fourth-order valence-electron chi connectivity index (χ4n) is 4.59. The molecule has 1 aliphatic carbocycles. The van der Waals surface area contributed by atoms with Gasteiger partial charge in [0.1, 0.15) is 5.82 Å². The third kappa shape index (κ3) is 2.91. The van der Waals surface area contributed by atoms with Crippen LogP contribution >= 0.6 is 0 Å². The quantitative estimate of drug-likeness (QED) is 0.585. The Morgan fingerprint density at radius 2 is 1.86 bits per heavy atom. The van der Waals surface area contributed by atoms with E-state index in [9.17, 15) is 9.65 Å². The summed E-state index contributed by atoms with van der Waals surface area (Å²) in [6.45, 7) is 1.94. The van der Waals surface area contributed by atoms with Crippen LogP contribution in [0.2, 0.25) is 0 Å². The van der Waals surface area contributed by atoms with Crippen LogP contribution in [-0.2, 0) is 6.42 Å². The Bertz CT molecular complexity index is 1160. The Morgan fingerprint density at radius 1 is 1.07 bits per heavy atom. The lowest BCUT2D eigenvalue weighted by Gasteiger charge is -2.30. The zero-order valence-electron chi connectivity index (χ0n) is 16.1. The average Bonchev–Trinajstić information content (AvgIpc) is 3.14. The predicted molar refractivity (Wildman–Crippen MR) is 112 cm³/mol. The third-order valence-electron chi connectivity index (χ3n) is 6.04. The number of hydrazone groups is 1. The molecule has 4 heteroatoms. The molecule has 3 aromatic carbocycles. The number of nitriles is 1. The molecule has 2 unspecified atom stereocenters. The van der Waals surface area contributed by atoms with E-state index in [1.807, 2.05) is 37.3 Å². The Hall–Kier alpha value is -3.45. The number of hydrogen-bond acceptors (Lipinski definition) is 3. The fourth-order valence-corrected chi connectivity index (χ4v) is 4.59. The molecule has 0 saturated carbocycles. The maximum absolute atomic E-state index is 13.6. The van der Waals surface area contributed by atoms with Gasteiger partial charge in [-0.3, -0.25) is 5.01 Å². The van der Waals surface area contributed by atoms with Crippen molar-refractivity contribution in [2.75, 3.05) is 5.01 Å². The number of anilines is 1. The maximum Gasteiger partial charge on any atom is 0.123 e. The lowest BCUT2D eigenvalue weighted by Crippen LogP contribution is -2.28. The Kier molecular flexibility index (Phi) is 4.17. The van der Waals surface area contributed by atoms with Crippen LogP contribution in [0.25, 0.3) is 0 Å². The van der Waals surface area contributed by atoms with E-state index in [0.29, 0.717) is 5.56 Å². The summed E-state index contributed by atoms with van der Waals surface area (Å²) in [6.07, 6.45) is 2.02. The highest BCUT2D eigenvalue weighted by Crippen LogP contribution is 2.45. The van der Waals surface area contributed by atoms with Crippen molar-refractivity contribution in [1.29, 1.82) is 5.26 Å². The van der Waals surface area contributed by atoms with Crippen LogP contribution in [0.1, 0.15) is 40.3 Å². The molecule has 3 aromatic rings. The van der Waals surface area contributed by atoms with Crippen LogP contribution in [0.15, 0.2) is 71.8 Å². The van der Waals surface area contributed by atoms with E-state index < -0.39 is 0 Å². The molecule has 3 nitrogen and oxygen atoms in total. The molecule has 1 aliphatic heterocycles. The van der Waals surface area contributed by atoms with Gasteiger partial charge < -0.3 is 0 Å². The smallest absolute Gasteiger partial charge is 0.123 e. The lowest BCUT2D eigenvalue weighted by atomic mass is 9.77. The first kappa shape index (κ1) is 17.6. The van der Waals surface area contributed by atoms with Gasteiger partial charge in [0.25, 0.3) is 0 Å². The van der Waals surface area contributed by atoms with E-state index in [4.69, 9.17) is 5.10 Å². The summed E-state index contributed by atoms with van der Waals surface area (Å²) in [6, 6.07) is 23.3.